The van der Waals surface area contributed by atoms with Gasteiger partial charge in [-0.15, -0.1) is 0 Å². The highest BCUT2D eigenvalue weighted by molar-refractivity contribution is 14.1. The summed E-state index contributed by atoms with van der Waals surface area (Å²) in [5.41, 5.74) is 1.71. The molecule has 39 heavy (non-hydrogen) atoms. The molecular weight excluding hydrogens is 618 g/mol. The molecule has 3 aromatic rings. The molecule has 3 atom stereocenters. The molecule has 0 spiro atoms. The Morgan fingerprint density at radius 1 is 1.33 bits per heavy atom. The lowest BCUT2D eigenvalue weighted by molar-refractivity contribution is -0.0106. The molecule has 1 saturated heterocycles. The monoisotopic (exact) mass is 648 g/mol. The Morgan fingerprint density at radius 3 is 2.74 bits per heavy atom. The number of aryl methyl sites for hydroxylation is 1. The lowest BCUT2D eigenvalue weighted by Crippen LogP contribution is -2.50. The van der Waals surface area contributed by atoms with Crippen molar-refractivity contribution < 1.29 is 18.7 Å². The third-order valence-electron chi connectivity index (χ3n) is 5.87. The zero-order valence-electron chi connectivity index (χ0n) is 22.4. The van der Waals surface area contributed by atoms with Crippen LogP contribution < -0.4 is 10.1 Å². The van der Waals surface area contributed by atoms with Crippen molar-refractivity contribution >= 4 is 40.3 Å². The smallest absolute Gasteiger partial charge is 0.410 e. The number of likely N-dealkylation sites (tertiary alicyclic amines) is 1. The van der Waals surface area contributed by atoms with Gasteiger partial charge < -0.3 is 19.7 Å². The zero-order valence-corrected chi connectivity index (χ0v) is 24.5. The van der Waals surface area contributed by atoms with Gasteiger partial charge in [0.05, 0.1) is 29.7 Å². The number of hydrogen-bond acceptors (Lipinski definition) is 9. The zero-order chi connectivity index (χ0) is 28.3. The molecule has 1 aliphatic heterocycles. The van der Waals surface area contributed by atoms with Gasteiger partial charge >= 0.3 is 6.09 Å². The second kappa shape index (κ2) is 11.7. The minimum absolute atomic E-state index is 0.144. The summed E-state index contributed by atoms with van der Waals surface area (Å²) in [7, 11) is 0. The predicted molar refractivity (Wildman–Crippen MR) is 151 cm³/mol. The summed E-state index contributed by atoms with van der Waals surface area (Å²) in [6.07, 6.45) is 0.740. The molecule has 1 amide bonds. The number of ether oxygens (including phenoxy) is 2. The minimum Gasteiger partial charge on any atom is -0.486 e. The molecule has 1 aromatic carbocycles. The fourth-order valence-corrected chi connectivity index (χ4v) is 4.22. The topological polar surface area (TPSA) is 131 Å². The van der Waals surface area contributed by atoms with Gasteiger partial charge in [-0.25, -0.2) is 19.2 Å². The second-order valence-electron chi connectivity index (χ2n) is 10.1. The molecule has 3 heterocycles. The summed E-state index contributed by atoms with van der Waals surface area (Å²) < 4.78 is 28.2. The highest BCUT2D eigenvalue weighted by Gasteiger charge is 2.35. The number of nitrogens with zero attached hydrogens (tertiary/aromatic N) is 7. The van der Waals surface area contributed by atoms with Crippen molar-refractivity contribution in [1.82, 2.24) is 29.6 Å². The number of benzene rings is 1. The van der Waals surface area contributed by atoms with Crippen molar-refractivity contribution in [2.75, 3.05) is 18.4 Å². The van der Waals surface area contributed by atoms with E-state index in [1.165, 1.54) is 11.2 Å². The van der Waals surface area contributed by atoms with Crippen LogP contribution in [0.5, 0.6) is 5.75 Å². The molecule has 11 nitrogen and oxygen atoms in total. The van der Waals surface area contributed by atoms with E-state index in [9.17, 15) is 14.4 Å². The number of alkyl halides is 2. The first kappa shape index (κ1) is 28.5. The standard InChI is InChI=1S/C26H30FIN8O3/c1-15-20(13-36(34-15)16(2)28)32-24-31-14-30-23(33-24)17-6-7-21(18(10-17)11-29)38-22-8-9-35(12-19(22)27)25(37)39-26(3,4)5/h6-7,10,13-14,16,19,22H,8-9,12H2,1-5H3,(H,30,31,32,33)/t16?,19-,22+/m1/s1. The normalized spacial score (nSPS) is 18.3. The molecule has 1 N–H and O–H groups in total. The van der Waals surface area contributed by atoms with E-state index in [0.717, 1.165) is 11.4 Å². The second-order valence-corrected chi connectivity index (χ2v) is 12.0. The number of rotatable bonds is 6. The molecule has 206 valence electrons. The van der Waals surface area contributed by atoms with E-state index >= 15 is 0 Å². The molecule has 1 aliphatic rings. The Morgan fingerprint density at radius 2 is 2.10 bits per heavy atom. The third kappa shape index (κ3) is 7.11. The number of anilines is 2. The average molecular weight is 648 g/mol. The van der Waals surface area contributed by atoms with E-state index < -0.39 is 24.0 Å². The van der Waals surface area contributed by atoms with Gasteiger partial charge in [0, 0.05) is 18.5 Å². The van der Waals surface area contributed by atoms with Gasteiger partial charge in [-0.3, -0.25) is 4.68 Å². The van der Waals surface area contributed by atoms with Crippen molar-refractivity contribution in [2.24, 2.45) is 0 Å². The minimum atomic E-state index is -1.43. The number of piperidine rings is 1. The molecule has 4 rings (SSSR count). The summed E-state index contributed by atoms with van der Waals surface area (Å²) >= 11 is 2.27. The first-order valence-electron chi connectivity index (χ1n) is 12.4. The van der Waals surface area contributed by atoms with Crippen LogP contribution in [0.4, 0.5) is 20.8 Å². The lowest BCUT2D eigenvalue weighted by Gasteiger charge is -2.35. The summed E-state index contributed by atoms with van der Waals surface area (Å²) in [5.74, 6) is 0.944. The number of amides is 1. The summed E-state index contributed by atoms with van der Waals surface area (Å²) in [5, 5.41) is 17.4. The van der Waals surface area contributed by atoms with E-state index in [-0.39, 0.29) is 34.9 Å². The van der Waals surface area contributed by atoms with Gasteiger partial charge in [0.25, 0.3) is 0 Å². The highest BCUT2D eigenvalue weighted by Crippen LogP contribution is 2.29. The number of halogens is 2. The summed E-state index contributed by atoms with van der Waals surface area (Å²) in [6, 6.07) is 7.02. The van der Waals surface area contributed by atoms with Crippen LogP contribution in [-0.4, -0.2) is 66.7 Å². The molecule has 0 saturated carbocycles. The first-order valence-corrected chi connectivity index (χ1v) is 13.7. The number of hydrogen-bond donors (Lipinski definition) is 1. The van der Waals surface area contributed by atoms with Crippen LogP contribution in [0, 0.1) is 18.3 Å². The maximum Gasteiger partial charge on any atom is 0.410 e. The first-order chi connectivity index (χ1) is 18.4. The van der Waals surface area contributed by atoms with Gasteiger partial charge in [0.15, 0.2) is 12.0 Å². The van der Waals surface area contributed by atoms with Gasteiger partial charge in [-0.05, 0) is 52.8 Å². The SMILES string of the molecule is Cc1nn(C(C)I)cc1Nc1ncnc(-c2ccc(O[C@H]3CCN(C(=O)OC(C)(C)C)C[C@H]3F)c(C#N)c2)n1. The Labute approximate surface area is 239 Å². The predicted octanol–water partition coefficient (Wildman–Crippen LogP) is 5.34. The van der Waals surface area contributed by atoms with Crippen LogP contribution >= 0.6 is 22.6 Å². The number of aromatic nitrogens is 5. The molecule has 2 aromatic heterocycles. The number of carbonyl (C=O) groups excluding carboxylic acids is 1. The van der Waals surface area contributed by atoms with E-state index in [2.05, 4.69) is 54.0 Å². The van der Waals surface area contributed by atoms with Gasteiger partial charge in [0.1, 0.15) is 33.9 Å². The fourth-order valence-electron chi connectivity index (χ4n) is 3.93. The van der Waals surface area contributed by atoms with Crippen LogP contribution in [0.25, 0.3) is 11.4 Å². The lowest BCUT2D eigenvalue weighted by atomic mass is 10.1. The highest BCUT2D eigenvalue weighted by atomic mass is 127. The van der Waals surface area contributed by atoms with Crippen LogP contribution in [0.3, 0.4) is 0 Å². The fraction of sp³-hybridized carbons (Fsp3) is 0.462. The number of carbonyl (C=O) groups is 1. The molecule has 0 bridgehead atoms. The number of nitrogens with one attached hydrogen (secondary N) is 1. The summed E-state index contributed by atoms with van der Waals surface area (Å²) in [6.45, 7) is 9.35. The van der Waals surface area contributed by atoms with Crippen LogP contribution in [0.1, 0.15) is 49.4 Å². The summed E-state index contributed by atoms with van der Waals surface area (Å²) in [4.78, 5) is 26.6. The molecule has 1 fully saturated rings. The average Bonchev–Trinajstić information content (AvgIpc) is 3.24. The Kier molecular flexibility index (Phi) is 8.53. The van der Waals surface area contributed by atoms with Gasteiger partial charge in [-0.1, -0.05) is 22.6 Å². The Bertz CT molecular complexity index is 1380. The van der Waals surface area contributed by atoms with E-state index in [1.54, 1.807) is 39.0 Å². The van der Waals surface area contributed by atoms with Crippen molar-refractivity contribution in [3.63, 3.8) is 0 Å². The largest absolute Gasteiger partial charge is 0.486 e. The van der Waals surface area contributed by atoms with Crippen molar-refractivity contribution in [3.05, 3.63) is 42.0 Å². The van der Waals surface area contributed by atoms with Crippen LogP contribution in [0.15, 0.2) is 30.7 Å². The quantitative estimate of drug-likeness (QED) is 0.278. The van der Waals surface area contributed by atoms with Crippen LogP contribution in [-0.2, 0) is 4.74 Å². The number of nitriles is 1. The maximum absolute atomic E-state index is 15.0. The molecular formula is C26H30FIN8O3. The molecule has 1 unspecified atom stereocenters. The van der Waals surface area contributed by atoms with Gasteiger partial charge in [0.2, 0.25) is 5.95 Å². The molecule has 13 heteroatoms. The van der Waals surface area contributed by atoms with Crippen molar-refractivity contribution in [2.45, 2.75) is 63.0 Å². The van der Waals surface area contributed by atoms with E-state index in [1.807, 2.05) is 24.7 Å². The maximum atomic E-state index is 15.0. The van der Waals surface area contributed by atoms with Crippen molar-refractivity contribution in [3.8, 4) is 23.2 Å². The van der Waals surface area contributed by atoms with Crippen molar-refractivity contribution in [1.29, 1.82) is 5.26 Å². The Balaban J connectivity index is 1.46. The van der Waals surface area contributed by atoms with Crippen LogP contribution in [0.2, 0.25) is 0 Å². The molecule has 0 radical (unpaired) electrons. The van der Waals surface area contributed by atoms with E-state index in [0.29, 0.717) is 17.3 Å². The Hall–Kier alpha value is -3.54. The third-order valence-corrected chi connectivity index (χ3v) is 6.44. The molecule has 0 aliphatic carbocycles. The van der Waals surface area contributed by atoms with Gasteiger partial charge in [-0.2, -0.15) is 15.3 Å². The van der Waals surface area contributed by atoms with E-state index in [4.69, 9.17) is 9.47 Å².